The highest BCUT2D eigenvalue weighted by molar-refractivity contribution is 5.51. The molecule has 0 aliphatic rings. The molecule has 0 aliphatic heterocycles. The maximum absolute atomic E-state index is 11.5. The first-order chi connectivity index (χ1) is 25.4. The van der Waals surface area contributed by atoms with Gasteiger partial charge in [0, 0.05) is 0 Å². The van der Waals surface area contributed by atoms with Crippen molar-refractivity contribution in [3.05, 3.63) is 28.8 Å². The van der Waals surface area contributed by atoms with Gasteiger partial charge in [-0.2, -0.15) is 0 Å². The summed E-state index contributed by atoms with van der Waals surface area (Å²) in [5.74, 6) is 0.529. The molecule has 0 atom stereocenters. The van der Waals surface area contributed by atoms with Gasteiger partial charge in [0.2, 0.25) is 0 Å². The summed E-state index contributed by atoms with van der Waals surface area (Å²) in [5.41, 5.74) is 3.74. The maximum Gasteiger partial charge on any atom is 0.123 e. The lowest BCUT2D eigenvalue weighted by Crippen LogP contribution is -2.25. The number of benzene rings is 1. The summed E-state index contributed by atoms with van der Waals surface area (Å²) in [6.07, 6.45) is 48.1. The van der Waals surface area contributed by atoms with Crippen LogP contribution in [0.5, 0.6) is 5.75 Å². The molecule has 1 N–H and O–H groups in total. The van der Waals surface area contributed by atoms with Crippen molar-refractivity contribution in [3.8, 4) is 5.75 Å². The number of aromatic hydroxyl groups is 1. The van der Waals surface area contributed by atoms with Crippen LogP contribution in [0, 0.1) is 0 Å². The normalized spacial score (nSPS) is 12.6. The lowest BCUT2D eigenvalue weighted by molar-refractivity contribution is 0.357. The van der Waals surface area contributed by atoms with E-state index in [0.29, 0.717) is 5.75 Å². The molecule has 1 nitrogen and oxygen atoms in total. The van der Waals surface area contributed by atoms with Gasteiger partial charge in [0.15, 0.2) is 0 Å². The lowest BCUT2D eigenvalue weighted by Gasteiger charge is -2.35. The Morgan fingerprint density at radius 1 is 0.340 bits per heavy atom. The molecule has 0 heterocycles. The molecule has 312 valence electrons. The van der Waals surface area contributed by atoms with Crippen molar-refractivity contribution < 1.29 is 5.11 Å². The molecule has 1 aromatic carbocycles. The number of phenols is 1. The Morgan fingerprint density at radius 2 is 0.547 bits per heavy atom. The van der Waals surface area contributed by atoms with E-state index < -0.39 is 0 Å². The molecular weight excluding hydrogens is 641 g/mol. The SMILES string of the molecule is CCCCCCCCCCCCCCCCCCC(C)(CCCCCCCCCCCCCCCCCC)c1cc(C(C)(C)C)c(O)c(C(C)(C)C)c1. The van der Waals surface area contributed by atoms with Gasteiger partial charge < -0.3 is 5.11 Å². The molecule has 0 aliphatic carbocycles. The molecule has 0 amide bonds. The van der Waals surface area contributed by atoms with Gasteiger partial charge in [0.25, 0.3) is 0 Å². The third-order valence-electron chi connectivity index (χ3n) is 12.6. The summed E-state index contributed by atoms with van der Waals surface area (Å²) in [7, 11) is 0. The Kier molecular flexibility index (Phi) is 28.5. The Balaban J connectivity index is 2.55. The van der Waals surface area contributed by atoms with Crippen LogP contribution in [0.4, 0.5) is 0 Å². The zero-order valence-electron chi connectivity index (χ0n) is 38.1. The van der Waals surface area contributed by atoms with E-state index in [0.717, 1.165) is 11.1 Å². The summed E-state index contributed by atoms with van der Waals surface area (Å²) in [6, 6.07) is 4.81. The third-order valence-corrected chi connectivity index (χ3v) is 12.6. The predicted molar refractivity (Wildman–Crippen MR) is 241 cm³/mol. The second-order valence-electron chi connectivity index (χ2n) is 20.1. The van der Waals surface area contributed by atoms with Crippen LogP contribution in [-0.2, 0) is 16.2 Å². The summed E-state index contributed by atoms with van der Waals surface area (Å²) in [4.78, 5) is 0. The number of phenolic OH excluding ortho intramolecular Hbond substituents is 1. The molecule has 53 heavy (non-hydrogen) atoms. The summed E-state index contributed by atoms with van der Waals surface area (Å²) >= 11 is 0. The summed E-state index contributed by atoms with van der Waals surface area (Å²) in [6.45, 7) is 20.8. The minimum Gasteiger partial charge on any atom is -0.507 e. The van der Waals surface area contributed by atoms with Crippen LogP contribution in [0.25, 0.3) is 0 Å². The number of hydrogen-bond donors (Lipinski definition) is 1. The molecule has 1 heteroatoms. The van der Waals surface area contributed by atoms with Gasteiger partial charge in [0.05, 0.1) is 0 Å². The fourth-order valence-electron chi connectivity index (χ4n) is 8.67. The first kappa shape index (κ1) is 50.0. The minimum absolute atomic E-state index is 0.0799. The Hall–Kier alpha value is -0.980. The monoisotopic (exact) mass is 739 g/mol. The second kappa shape index (κ2) is 30.2. The maximum atomic E-state index is 11.5. The molecule has 0 saturated carbocycles. The smallest absolute Gasteiger partial charge is 0.123 e. The van der Waals surface area contributed by atoms with Crippen LogP contribution in [0.15, 0.2) is 12.1 Å². The van der Waals surface area contributed by atoms with Gasteiger partial charge in [0.1, 0.15) is 5.75 Å². The van der Waals surface area contributed by atoms with Gasteiger partial charge in [-0.25, -0.2) is 0 Å². The molecule has 0 spiro atoms. The van der Waals surface area contributed by atoms with Crippen molar-refractivity contribution in [1.82, 2.24) is 0 Å². The Morgan fingerprint density at radius 3 is 0.755 bits per heavy atom. The van der Waals surface area contributed by atoms with E-state index in [1.54, 1.807) is 0 Å². The fraction of sp³-hybridized carbons (Fsp3) is 0.885. The van der Waals surface area contributed by atoms with Crippen LogP contribution in [0.3, 0.4) is 0 Å². The number of unbranched alkanes of at least 4 members (excludes halogenated alkanes) is 30. The fourth-order valence-corrected chi connectivity index (χ4v) is 8.67. The molecule has 0 radical (unpaired) electrons. The van der Waals surface area contributed by atoms with Gasteiger partial charge in [-0.15, -0.1) is 0 Å². The van der Waals surface area contributed by atoms with E-state index in [1.165, 1.54) is 224 Å². The minimum atomic E-state index is -0.0799. The highest BCUT2D eigenvalue weighted by atomic mass is 16.3. The molecule has 0 fully saturated rings. The summed E-state index contributed by atoms with van der Waals surface area (Å²) < 4.78 is 0. The molecule has 1 aromatic rings. The number of hydrogen-bond acceptors (Lipinski definition) is 1. The second-order valence-corrected chi connectivity index (χ2v) is 20.1. The largest absolute Gasteiger partial charge is 0.507 e. The number of rotatable bonds is 35. The van der Waals surface area contributed by atoms with Crippen LogP contribution < -0.4 is 0 Å². The standard InChI is InChI=1S/C52H98O/c1-10-12-14-16-18-20-22-24-26-28-30-32-34-36-38-40-42-52(9,46-44-47(50(3,4)5)49(53)48(45-46)51(6,7)8)43-41-39-37-35-33-31-29-27-25-23-21-19-17-15-13-11-2/h44-45,53H,10-43H2,1-9H3. The van der Waals surface area contributed by atoms with E-state index in [-0.39, 0.29) is 16.2 Å². The molecule has 0 aromatic heterocycles. The zero-order valence-corrected chi connectivity index (χ0v) is 38.1. The van der Waals surface area contributed by atoms with Crippen molar-refractivity contribution in [2.24, 2.45) is 0 Å². The molecule has 0 saturated heterocycles. The lowest BCUT2D eigenvalue weighted by atomic mass is 9.70. The van der Waals surface area contributed by atoms with Crippen molar-refractivity contribution in [2.75, 3.05) is 0 Å². The zero-order chi connectivity index (χ0) is 39.3. The van der Waals surface area contributed by atoms with Crippen LogP contribution in [0.2, 0.25) is 0 Å². The van der Waals surface area contributed by atoms with Crippen molar-refractivity contribution in [1.29, 1.82) is 0 Å². The average Bonchev–Trinajstić information content (AvgIpc) is 3.10. The molecule has 0 bridgehead atoms. The summed E-state index contributed by atoms with van der Waals surface area (Å²) in [5, 5.41) is 11.5. The third kappa shape index (κ3) is 24.3. The van der Waals surface area contributed by atoms with Crippen LogP contribution >= 0.6 is 0 Å². The Bertz CT molecular complexity index is 903. The quantitative estimate of drug-likeness (QED) is 0.0688. The van der Waals surface area contributed by atoms with Gasteiger partial charge in [-0.3, -0.25) is 0 Å². The Labute approximate surface area is 335 Å². The van der Waals surface area contributed by atoms with Crippen molar-refractivity contribution in [2.45, 2.75) is 297 Å². The van der Waals surface area contributed by atoms with E-state index in [9.17, 15) is 5.11 Å². The highest BCUT2D eigenvalue weighted by Crippen LogP contribution is 2.45. The molecule has 1 rings (SSSR count). The molecular formula is C52H98O. The molecule has 0 unspecified atom stereocenters. The van der Waals surface area contributed by atoms with Crippen LogP contribution in [-0.4, -0.2) is 5.11 Å². The van der Waals surface area contributed by atoms with Gasteiger partial charge in [-0.05, 0) is 45.8 Å². The van der Waals surface area contributed by atoms with E-state index in [2.05, 4.69) is 74.4 Å². The first-order valence-corrected chi connectivity index (χ1v) is 24.2. The highest BCUT2D eigenvalue weighted by Gasteiger charge is 2.32. The van der Waals surface area contributed by atoms with Crippen LogP contribution in [0.1, 0.15) is 297 Å². The van der Waals surface area contributed by atoms with Gasteiger partial charge >= 0.3 is 0 Å². The van der Waals surface area contributed by atoms with E-state index in [4.69, 9.17) is 0 Å². The van der Waals surface area contributed by atoms with Crippen molar-refractivity contribution >= 4 is 0 Å². The predicted octanol–water partition coefficient (Wildman–Crippen LogP) is 18.5. The van der Waals surface area contributed by atoms with Gasteiger partial charge in [-0.1, -0.05) is 280 Å². The van der Waals surface area contributed by atoms with E-state index in [1.807, 2.05) is 0 Å². The van der Waals surface area contributed by atoms with E-state index >= 15 is 0 Å². The topological polar surface area (TPSA) is 20.2 Å². The average molecular weight is 739 g/mol. The van der Waals surface area contributed by atoms with Crippen molar-refractivity contribution in [3.63, 3.8) is 0 Å². The first-order valence-electron chi connectivity index (χ1n) is 24.2.